The number of hydrogen-bond donors (Lipinski definition) is 1. The van der Waals surface area contributed by atoms with Crippen LogP contribution in [0.15, 0.2) is 15.2 Å². The van der Waals surface area contributed by atoms with E-state index in [1.54, 1.807) is 11.3 Å². The Morgan fingerprint density at radius 2 is 2.38 bits per heavy atom. The van der Waals surface area contributed by atoms with Crippen LogP contribution in [-0.2, 0) is 0 Å². The fraction of sp³-hybridized carbons (Fsp3) is 0.600. The molecule has 0 bridgehead atoms. The third-order valence-corrected chi connectivity index (χ3v) is 4.58. The van der Waals surface area contributed by atoms with E-state index >= 15 is 0 Å². The van der Waals surface area contributed by atoms with E-state index in [1.165, 1.54) is 16.5 Å². The Morgan fingerprint density at radius 1 is 1.54 bits per heavy atom. The second-order valence-electron chi connectivity index (χ2n) is 3.75. The first kappa shape index (κ1) is 9.69. The molecule has 1 N–H and O–H groups in total. The maximum Gasteiger partial charge on any atom is 0.0317 e. The molecule has 0 aliphatic carbocycles. The smallest absolute Gasteiger partial charge is 0.0317 e. The minimum atomic E-state index is 0.752. The van der Waals surface area contributed by atoms with Gasteiger partial charge in [0.15, 0.2) is 0 Å². The summed E-state index contributed by atoms with van der Waals surface area (Å²) in [7, 11) is 0. The van der Waals surface area contributed by atoms with Crippen molar-refractivity contribution < 1.29 is 0 Å². The van der Waals surface area contributed by atoms with Crippen molar-refractivity contribution in [3.05, 3.63) is 20.8 Å². The molecule has 1 aliphatic heterocycles. The van der Waals surface area contributed by atoms with Gasteiger partial charge in [0, 0.05) is 9.85 Å². The molecule has 1 nitrogen and oxygen atoms in total. The monoisotopic (exact) mass is 259 g/mol. The Bertz CT molecular complexity index is 284. The lowest BCUT2D eigenvalue weighted by Gasteiger charge is -2.29. The van der Waals surface area contributed by atoms with Crippen molar-refractivity contribution in [2.45, 2.75) is 19.3 Å². The maximum atomic E-state index is 3.62. The van der Waals surface area contributed by atoms with Gasteiger partial charge in [-0.3, -0.25) is 0 Å². The molecule has 0 amide bonds. The Labute approximate surface area is 91.7 Å². The highest BCUT2D eigenvalue weighted by Crippen LogP contribution is 2.36. The van der Waals surface area contributed by atoms with E-state index in [9.17, 15) is 0 Å². The molecule has 2 heterocycles. The van der Waals surface area contributed by atoms with Gasteiger partial charge in [0.2, 0.25) is 0 Å². The van der Waals surface area contributed by atoms with Crippen LogP contribution < -0.4 is 5.32 Å². The maximum absolute atomic E-state index is 3.62. The number of rotatable bonds is 1. The lowest BCUT2D eigenvalue weighted by Crippen LogP contribution is -2.33. The molecule has 0 radical (unpaired) electrons. The summed E-state index contributed by atoms with van der Waals surface area (Å²) in [6.45, 7) is 4.66. The molecular weight excluding hydrogens is 246 g/mol. The van der Waals surface area contributed by atoms with Gasteiger partial charge in [-0.05, 0) is 58.2 Å². The van der Waals surface area contributed by atoms with Gasteiger partial charge in [-0.1, -0.05) is 6.92 Å². The summed E-state index contributed by atoms with van der Waals surface area (Å²) >= 11 is 5.41. The first-order valence-electron chi connectivity index (χ1n) is 4.71. The number of nitrogens with one attached hydrogen (secondary N) is 1. The van der Waals surface area contributed by atoms with Crippen LogP contribution in [0.3, 0.4) is 0 Å². The van der Waals surface area contributed by atoms with Crippen LogP contribution in [0.5, 0.6) is 0 Å². The van der Waals surface area contributed by atoms with E-state index < -0.39 is 0 Å². The highest BCUT2D eigenvalue weighted by atomic mass is 79.9. The van der Waals surface area contributed by atoms with Gasteiger partial charge in [0.1, 0.15) is 0 Å². The molecule has 1 aliphatic rings. The quantitative estimate of drug-likeness (QED) is 0.817. The lowest BCUT2D eigenvalue weighted by atomic mass is 9.84. The normalized spacial score (nSPS) is 29.1. The van der Waals surface area contributed by atoms with E-state index in [2.05, 4.69) is 38.9 Å². The molecule has 3 heteroatoms. The lowest BCUT2D eigenvalue weighted by molar-refractivity contribution is 0.349. The average molecular weight is 260 g/mol. The zero-order valence-corrected chi connectivity index (χ0v) is 10.1. The third-order valence-electron chi connectivity index (χ3n) is 2.83. The molecule has 0 spiro atoms. The van der Waals surface area contributed by atoms with E-state index in [1.807, 2.05) is 0 Å². The molecule has 72 valence electrons. The summed E-state index contributed by atoms with van der Waals surface area (Å²) < 4.78 is 1.30. The van der Waals surface area contributed by atoms with Gasteiger partial charge >= 0.3 is 0 Å². The van der Waals surface area contributed by atoms with Crippen molar-refractivity contribution in [2.24, 2.45) is 5.92 Å². The van der Waals surface area contributed by atoms with Crippen molar-refractivity contribution in [1.29, 1.82) is 0 Å². The fourth-order valence-electron chi connectivity index (χ4n) is 2.03. The molecule has 2 rings (SSSR count). The summed E-state index contributed by atoms with van der Waals surface area (Å²) in [5, 5.41) is 7.91. The number of piperidine rings is 1. The zero-order chi connectivity index (χ0) is 9.26. The molecule has 13 heavy (non-hydrogen) atoms. The summed E-state index contributed by atoms with van der Waals surface area (Å²) in [4.78, 5) is 0. The third kappa shape index (κ3) is 1.97. The molecule has 1 aromatic rings. The molecule has 1 fully saturated rings. The van der Waals surface area contributed by atoms with E-state index in [4.69, 9.17) is 0 Å². The molecule has 0 aromatic carbocycles. The van der Waals surface area contributed by atoms with Crippen molar-refractivity contribution >= 4 is 27.3 Å². The minimum absolute atomic E-state index is 0.752. The van der Waals surface area contributed by atoms with Gasteiger partial charge < -0.3 is 5.32 Å². The van der Waals surface area contributed by atoms with Crippen LogP contribution >= 0.6 is 27.3 Å². The van der Waals surface area contributed by atoms with Crippen LogP contribution in [-0.4, -0.2) is 13.1 Å². The standard InChI is InChI=1S/C10H14BrNS/c1-7-4-12-3-2-8(7)9-5-13-6-10(9)11/h5-8,12H,2-4H2,1H3. The van der Waals surface area contributed by atoms with Crippen molar-refractivity contribution in [3.8, 4) is 0 Å². The Balaban J connectivity index is 2.19. The second-order valence-corrected chi connectivity index (χ2v) is 5.35. The predicted molar refractivity (Wildman–Crippen MR) is 61.4 cm³/mol. The van der Waals surface area contributed by atoms with E-state index in [0.717, 1.165) is 24.9 Å². The molecule has 2 unspecified atom stereocenters. The van der Waals surface area contributed by atoms with Crippen LogP contribution in [0.25, 0.3) is 0 Å². The summed E-state index contributed by atoms with van der Waals surface area (Å²) in [5.41, 5.74) is 1.51. The van der Waals surface area contributed by atoms with Gasteiger partial charge in [-0.25, -0.2) is 0 Å². The molecule has 0 saturated carbocycles. The molecule has 1 saturated heterocycles. The van der Waals surface area contributed by atoms with Crippen LogP contribution in [0, 0.1) is 5.92 Å². The molecule has 2 atom stereocenters. The number of hydrogen-bond acceptors (Lipinski definition) is 2. The SMILES string of the molecule is CC1CNCCC1c1cscc1Br. The van der Waals surface area contributed by atoms with Crippen molar-refractivity contribution in [1.82, 2.24) is 5.32 Å². The number of halogens is 1. The number of thiophene rings is 1. The van der Waals surface area contributed by atoms with E-state index in [-0.39, 0.29) is 0 Å². The Kier molecular flexibility index (Phi) is 3.06. The molecule has 1 aromatic heterocycles. The first-order valence-corrected chi connectivity index (χ1v) is 6.45. The predicted octanol–water partition coefficient (Wildman–Crippen LogP) is 3.22. The Morgan fingerprint density at radius 3 is 3.00 bits per heavy atom. The largest absolute Gasteiger partial charge is 0.316 e. The first-order chi connectivity index (χ1) is 6.29. The van der Waals surface area contributed by atoms with Crippen molar-refractivity contribution in [3.63, 3.8) is 0 Å². The van der Waals surface area contributed by atoms with Gasteiger partial charge in [0.05, 0.1) is 0 Å². The molecular formula is C10H14BrNS. The highest BCUT2D eigenvalue weighted by Gasteiger charge is 2.24. The summed E-state index contributed by atoms with van der Waals surface area (Å²) in [5.74, 6) is 1.52. The van der Waals surface area contributed by atoms with Gasteiger partial charge in [-0.15, -0.1) is 0 Å². The summed E-state index contributed by atoms with van der Waals surface area (Å²) in [6.07, 6.45) is 1.27. The second kappa shape index (κ2) is 4.11. The van der Waals surface area contributed by atoms with E-state index in [0.29, 0.717) is 0 Å². The van der Waals surface area contributed by atoms with Gasteiger partial charge in [-0.2, -0.15) is 11.3 Å². The van der Waals surface area contributed by atoms with Crippen LogP contribution in [0.2, 0.25) is 0 Å². The zero-order valence-electron chi connectivity index (χ0n) is 7.72. The topological polar surface area (TPSA) is 12.0 Å². The van der Waals surface area contributed by atoms with Gasteiger partial charge in [0.25, 0.3) is 0 Å². The highest BCUT2D eigenvalue weighted by molar-refractivity contribution is 9.10. The summed E-state index contributed by atoms with van der Waals surface area (Å²) in [6, 6.07) is 0. The minimum Gasteiger partial charge on any atom is -0.316 e. The van der Waals surface area contributed by atoms with Crippen LogP contribution in [0.1, 0.15) is 24.8 Å². The Hall–Kier alpha value is 0.140. The van der Waals surface area contributed by atoms with Crippen LogP contribution in [0.4, 0.5) is 0 Å². The average Bonchev–Trinajstić information content (AvgIpc) is 2.52. The van der Waals surface area contributed by atoms with Crippen molar-refractivity contribution in [2.75, 3.05) is 13.1 Å². The fourth-order valence-corrected chi connectivity index (χ4v) is 3.69.